The van der Waals surface area contributed by atoms with Crippen LogP contribution >= 0.6 is 0 Å². The summed E-state index contributed by atoms with van der Waals surface area (Å²) in [5, 5.41) is -6.50. The number of ether oxygens (including phenoxy) is 2. The van der Waals surface area contributed by atoms with Crippen molar-refractivity contribution in [3.63, 3.8) is 0 Å². The van der Waals surface area contributed by atoms with Crippen molar-refractivity contribution >= 4 is 26.4 Å². The third-order valence-electron chi connectivity index (χ3n) is 3.26. The maximum atomic E-state index is 14.0. The van der Waals surface area contributed by atoms with Crippen LogP contribution in [0.15, 0.2) is 0 Å². The summed E-state index contributed by atoms with van der Waals surface area (Å²) in [4.78, 5) is 10.0. The number of hydrogen-bond acceptors (Lipinski definition) is 8. The molecule has 0 spiro atoms. The van der Waals surface area contributed by atoms with Gasteiger partial charge in [0.15, 0.2) is 0 Å². The minimum absolute atomic E-state index is 0. The largest absolute Gasteiger partial charge is 1.00 e. The Morgan fingerprint density at radius 1 is 0.595 bits per heavy atom. The number of carboxylic acid groups (broad SMARTS) is 1. The molecule has 0 bridgehead atoms. The Morgan fingerprint density at radius 2 is 0.865 bits per heavy atom. The van der Waals surface area contributed by atoms with E-state index in [1.807, 2.05) is 0 Å². The van der Waals surface area contributed by atoms with E-state index in [0.717, 1.165) is 4.74 Å². The molecule has 28 heteroatoms. The van der Waals surface area contributed by atoms with E-state index in [0.29, 0.717) is 0 Å². The van der Waals surface area contributed by atoms with Gasteiger partial charge in [-0.3, -0.25) is 9.47 Å². The standard InChI is InChI=1S/C9HF17O8S2.K/c10-2(1(27)28,5(14,15)16)33-6(17,18)3(11,12)7(19,20)34-4(13,8(21,22)35(25,29)30)9(23,24)36(26,31)32;/h(H,27,28);/q;+1/p-1. The molecule has 0 aromatic rings. The maximum Gasteiger partial charge on any atom is 1.00 e. The Hall–Kier alpha value is -0.264. The van der Waals surface area contributed by atoms with Gasteiger partial charge in [0.2, 0.25) is 0 Å². The van der Waals surface area contributed by atoms with Gasteiger partial charge in [-0.15, -0.1) is 0 Å². The molecule has 1 atom stereocenters. The van der Waals surface area contributed by atoms with E-state index >= 15 is 0 Å². The molecule has 0 saturated carbocycles. The summed E-state index contributed by atoms with van der Waals surface area (Å²) < 4.78 is 265. The number of alkyl halides is 15. The smallest absolute Gasteiger partial charge is 0.544 e. The fourth-order valence-electron chi connectivity index (χ4n) is 1.47. The first-order valence-electron chi connectivity index (χ1n) is 6.94. The van der Waals surface area contributed by atoms with Crippen LogP contribution < -0.4 is 56.5 Å². The second kappa shape index (κ2) is 10.3. The van der Waals surface area contributed by atoms with Crippen molar-refractivity contribution in [1.29, 1.82) is 0 Å². The van der Waals surface area contributed by atoms with E-state index in [2.05, 4.69) is 0 Å². The van der Waals surface area contributed by atoms with Gasteiger partial charge in [-0.1, -0.05) is 7.77 Å². The zero-order valence-electron chi connectivity index (χ0n) is 16.0. The Morgan fingerprint density at radius 3 is 1.08 bits per heavy atom. The first-order chi connectivity index (χ1) is 15.1. The second-order valence-electron chi connectivity index (χ2n) is 5.70. The van der Waals surface area contributed by atoms with Crippen LogP contribution in [0.2, 0.25) is 0 Å². The summed E-state index contributed by atoms with van der Waals surface area (Å²) in [6.07, 6.45) is -24.2. The number of rotatable bonds is 11. The molecule has 0 amide bonds. The maximum absolute atomic E-state index is 14.0. The van der Waals surface area contributed by atoms with Crippen LogP contribution in [-0.4, -0.2) is 69.3 Å². The average Bonchev–Trinajstić information content (AvgIpc) is 2.56. The van der Waals surface area contributed by atoms with Crippen molar-refractivity contribution in [3.05, 3.63) is 0 Å². The number of aliphatic carboxylic acids is 1. The van der Waals surface area contributed by atoms with Gasteiger partial charge in [-0.2, -0.15) is 82.7 Å². The Kier molecular flexibility index (Phi) is 10.8. The van der Waals surface area contributed by atoms with Gasteiger partial charge in [-0.25, -0.2) is 0 Å². The van der Waals surface area contributed by atoms with Gasteiger partial charge >= 0.3 is 118 Å². The van der Waals surface area contributed by atoms with Crippen LogP contribution in [0.3, 0.4) is 0 Å². The summed E-state index contributed by atoms with van der Waals surface area (Å²) in [6.45, 7) is 0. The Balaban J connectivity index is 0. The fourth-order valence-corrected chi connectivity index (χ4v) is 2.50. The predicted octanol–water partition coefficient (Wildman–Crippen LogP) is -0.728. The van der Waals surface area contributed by atoms with Crippen molar-refractivity contribution < 1.29 is 161 Å². The third kappa shape index (κ3) is 6.24. The topological polar surface area (TPSA) is 127 Å². The molecule has 0 fully saturated rings. The van der Waals surface area contributed by atoms with Crippen molar-refractivity contribution in [2.75, 3.05) is 0 Å². The first kappa shape index (κ1) is 38.9. The minimum atomic E-state index is -8.65. The molecule has 0 saturated heterocycles. The summed E-state index contributed by atoms with van der Waals surface area (Å²) in [7, 11) is -17.3. The summed E-state index contributed by atoms with van der Waals surface area (Å²) in [5.74, 6) is -28.9. The van der Waals surface area contributed by atoms with Crippen molar-refractivity contribution in [3.8, 4) is 0 Å². The fraction of sp³-hybridized carbons (Fsp3) is 0.889. The number of carbonyl (C=O) groups is 1. The molecule has 1 unspecified atom stereocenters. The number of carboxylic acids is 1. The van der Waals surface area contributed by atoms with Crippen molar-refractivity contribution in [2.45, 2.75) is 46.5 Å². The van der Waals surface area contributed by atoms with Crippen LogP contribution in [0.5, 0.6) is 0 Å². The van der Waals surface area contributed by atoms with Crippen LogP contribution in [0.25, 0.3) is 0 Å². The molecule has 0 heterocycles. The zero-order chi connectivity index (χ0) is 30.0. The van der Waals surface area contributed by atoms with E-state index in [1.165, 1.54) is 4.74 Å². The normalized spacial score (nSPS) is 17.1. The summed E-state index contributed by atoms with van der Waals surface area (Å²) >= 11 is 0. The molecule has 0 rings (SSSR count). The number of halogens is 17. The first-order valence-corrected chi connectivity index (χ1v) is 9.71. The molecule has 8 nitrogen and oxygen atoms in total. The monoisotopic (exact) mass is 662 g/mol. The van der Waals surface area contributed by atoms with Gasteiger partial charge in [0, 0.05) is 0 Å². The molecule has 0 aliphatic carbocycles. The summed E-state index contributed by atoms with van der Waals surface area (Å²) in [6, 6.07) is 0. The van der Waals surface area contributed by atoms with E-state index in [1.54, 1.807) is 0 Å². The quantitative estimate of drug-likeness (QED) is 0.161. The molecule has 0 aromatic heterocycles. The van der Waals surface area contributed by atoms with E-state index in [4.69, 9.17) is 0 Å². The molecule has 0 aliphatic rings. The molecular formula is C9F17KO8S2. The minimum Gasteiger partial charge on any atom is -0.544 e. The number of hydrogen-bond donors (Lipinski definition) is 0. The molecule has 0 aromatic carbocycles. The van der Waals surface area contributed by atoms with Crippen LogP contribution in [-0.2, 0) is 34.7 Å². The SMILES string of the molecule is O=C([O-])C(F)(OC(F)(F)C(F)(F)C(F)(F)OC(F)(C(F)(F)S(=O)(=O)F)C(F)(F)S(=O)(=O)F)C(F)(F)F.[K+]. The van der Waals surface area contributed by atoms with Gasteiger partial charge < -0.3 is 9.90 Å². The van der Waals surface area contributed by atoms with Gasteiger partial charge in [-0.05, 0) is 0 Å². The summed E-state index contributed by atoms with van der Waals surface area (Å²) in [5.41, 5.74) is 0. The van der Waals surface area contributed by atoms with Crippen molar-refractivity contribution in [1.82, 2.24) is 0 Å². The van der Waals surface area contributed by atoms with Crippen LogP contribution in [0.4, 0.5) is 73.6 Å². The molecular weight excluding hydrogens is 662 g/mol. The van der Waals surface area contributed by atoms with E-state index < -0.39 is 73.0 Å². The molecule has 37 heavy (non-hydrogen) atoms. The van der Waals surface area contributed by atoms with Gasteiger partial charge in [0.05, 0.1) is 0 Å². The van der Waals surface area contributed by atoms with Gasteiger partial charge in [0.25, 0.3) is 0 Å². The van der Waals surface area contributed by atoms with Crippen LogP contribution in [0, 0.1) is 0 Å². The average molecular weight is 662 g/mol. The van der Waals surface area contributed by atoms with Gasteiger partial charge in [0.1, 0.15) is 5.97 Å². The molecule has 0 N–H and O–H groups in total. The zero-order valence-corrected chi connectivity index (χ0v) is 20.8. The second-order valence-corrected chi connectivity index (χ2v) is 8.47. The molecule has 216 valence electrons. The van der Waals surface area contributed by atoms with E-state index in [9.17, 15) is 100 Å². The number of carbonyl (C=O) groups excluding carboxylic acids is 1. The molecule has 0 aliphatic heterocycles. The predicted molar refractivity (Wildman–Crippen MR) is 65.7 cm³/mol. The Labute approximate surface area is 232 Å². The molecule has 0 radical (unpaired) electrons. The Bertz CT molecular complexity index is 1040. The van der Waals surface area contributed by atoms with E-state index in [-0.39, 0.29) is 51.4 Å². The van der Waals surface area contributed by atoms with Crippen molar-refractivity contribution in [2.24, 2.45) is 0 Å². The third-order valence-corrected chi connectivity index (χ3v) is 5.01. The van der Waals surface area contributed by atoms with Crippen LogP contribution in [0.1, 0.15) is 0 Å².